The molecule has 3 aromatic carbocycles. The van der Waals surface area contributed by atoms with Crippen molar-refractivity contribution in [2.75, 3.05) is 0 Å². The fourth-order valence-corrected chi connectivity index (χ4v) is 2.34. The zero-order valence-electron chi connectivity index (χ0n) is 11.0. The maximum absolute atomic E-state index is 2.26. The fourth-order valence-electron chi connectivity index (χ4n) is 2.34. The lowest BCUT2D eigenvalue weighted by atomic mass is 10.0. The van der Waals surface area contributed by atoms with E-state index in [2.05, 4.69) is 66.7 Å². The van der Waals surface area contributed by atoms with Crippen molar-refractivity contribution in [2.45, 2.75) is 6.92 Å². The first-order valence-electron chi connectivity index (χ1n) is 6.59. The third kappa shape index (κ3) is 2.43. The van der Waals surface area contributed by atoms with E-state index in [0.29, 0.717) is 0 Å². The molecular formula is C19H16. The Hall–Kier alpha value is -2.34. The molecular weight excluding hydrogens is 228 g/mol. The van der Waals surface area contributed by atoms with E-state index in [1.165, 1.54) is 27.1 Å². The molecule has 0 aliphatic rings. The predicted molar refractivity (Wildman–Crippen MR) is 85.3 cm³/mol. The van der Waals surface area contributed by atoms with Crippen molar-refractivity contribution in [2.24, 2.45) is 0 Å². The van der Waals surface area contributed by atoms with Crippen LogP contribution >= 0.6 is 0 Å². The van der Waals surface area contributed by atoms with Crippen molar-refractivity contribution in [1.29, 1.82) is 0 Å². The molecule has 0 aromatic heterocycles. The highest BCUT2D eigenvalue weighted by Gasteiger charge is 1.98. The summed E-state index contributed by atoms with van der Waals surface area (Å²) >= 11 is 0. The van der Waals surface area contributed by atoms with Gasteiger partial charge in [-0.2, -0.15) is 0 Å². The SMILES string of the molecule is C/C=C/C=C/c1ccc2cc3ccccc3cc2c1. The van der Waals surface area contributed by atoms with Crippen LogP contribution in [0.3, 0.4) is 0 Å². The molecule has 0 nitrogen and oxygen atoms in total. The highest BCUT2D eigenvalue weighted by atomic mass is 14.0. The van der Waals surface area contributed by atoms with Gasteiger partial charge >= 0.3 is 0 Å². The molecule has 0 spiro atoms. The third-order valence-electron chi connectivity index (χ3n) is 3.32. The van der Waals surface area contributed by atoms with Gasteiger partial charge in [0.15, 0.2) is 0 Å². The molecule has 0 heterocycles. The maximum atomic E-state index is 2.26. The van der Waals surface area contributed by atoms with E-state index < -0.39 is 0 Å². The van der Waals surface area contributed by atoms with Crippen LogP contribution in [0.5, 0.6) is 0 Å². The molecule has 19 heavy (non-hydrogen) atoms. The van der Waals surface area contributed by atoms with Gasteiger partial charge in [0.05, 0.1) is 0 Å². The lowest BCUT2D eigenvalue weighted by Crippen LogP contribution is -1.78. The molecule has 0 radical (unpaired) electrons. The van der Waals surface area contributed by atoms with Crippen LogP contribution in [0.2, 0.25) is 0 Å². The van der Waals surface area contributed by atoms with Crippen LogP contribution < -0.4 is 0 Å². The summed E-state index contributed by atoms with van der Waals surface area (Å²) in [6.07, 6.45) is 8.28. The zero-order chi connectivity index (χ0) is 13.1. The summed E-state index contributed by atoms with van der Waals surface area (Å²) in [7, 11) is 0. The van der Waals surface area contributed by atoms with Crippen LogP contribution in [0.25, 0.3) is 27.6 Å². The predicted octanol–water partition coefficient (Wildman–Crippen LogP) is 5.58. The van der Waals surface area contributed by atoms with Gasteiger partial charge in [0.25, 0.3) is 0 Å². The number of allylic oxidation sites excluding steroid dienone is 3. The summed E-state index contributed by atoms with van der Waals surface area (Å²) in [4.78, 5) is 0. The van der Waals surface area contributed by atoms with Crippen LogP contribution in [-0.4, -0.2) is 0 Å². The molecule has 0 saturated heterocycles. The fraction of sp³-hybridized carbons (Fsp3) is 0.0526. The molecule has 0 aliphatic heterocycles. The summed E-state index contributed by atoms with van der Waals surface area (Å²) < 4.78 is 0. The normalized spacial score (nSPS) is 12.1. The van der Waals surface area contributed by atoms with Crippen molar-refractivity contribution < 1.29 is 0 Å². The molecule has 0 amide bonds. The van der Waals surface area contributed by atoms with Crippen LogP contribution in [0.15, 0.2) is 72.8 Å². The summed E-state index contributed by atoms with van der Waals surface area (Å²) in [6, 6.07) is 19.6. The van der Waals surface area contributed by atoms with E-state index in [9.17, 15) is 0 Å². The Morgan fingerprint density at radius 3 is 2.11 bits per heavy atom. The molecule has 92 valence electrons. The van der Waals surface area contributed by atoms with Gasteiger partial charge in [-0.15, -0.1) is 0 Å². The third-order valence-corrected chi connectivity index (χ3v) is 3.32. The molecule has 0 bridgehead atoms. The monoisotopic (exact) mass is 244 g/mol. The van der Waals surface area contributed by atoms with Crippen molar-refractivity contribution >= 4 is 27.6 Å². The van der Waals surface area contributed by atoms with Gasteiger partial charge in [-0.05, 0) is 52.2 Å². The van der Waals surface area contributed by atoms with Crippen molar-refractivity contribution in [3.8, 4) is 0 Å². The lowest BCUT2D eigenvalue weighted by molar-refractivity contribution is 1.71. The van der Waals surface area contributed by atoms with Crippen LogP contribution in [0, 0.1) is 0 Å². The van der Waals surface area contributed by atoms with Gasteiger partial charge < -0.3 is 0 Å². The summed E-state index contributed by atoms with van der Waals surface area (Å²) in [5.74, 6) is 0. The van der Waals surface area contributed by atoms with Crippen molar-refractivity contribution in [3.63, 3.8) is 0 Å². The van der Waals surface area contributed by atoms with E-state index in [1.54, 1.807) is 0 Å². The van der Waals surface area contributed by atoms with Gasteiger partial charge in [0, 0.05) is 0 Å². The van der Waals surface area contributed by atoms with Crippen LogP contribution in [0.1, 0.15) is 12.5 Å². The molecule has 0 N–H and O–H groups in total. The molecule has 0 heteroatoms. The number of hydrogen-bond donors (Lipinski definition) is 0. The number of fused-ring (bicyclic) bond motifs is 2. The second-order valence-corrected chi connectivity index (χ2v) is 4.69. The summed E-state index contributed by atoms with van der Waals surface area (Å²) in [5, 5.41) is 5.18. The molecule has 0 saturated carbocycles. The first-order valence-corrected chi connectivity index (χ1v) is 6.59. The molecule has 0 fully saturated rings. The molecule has 3 aromatic rings. The highest BCUT2D eigenvalue weighted by Crippen LogP contribution is 2.24. The molecule has 3 rings (SSSR count). The van der Waals surface area contributed by atoms with E-state index in [4.69, 9.17) is 0 Å². The Labute approximate surface area is 113 Å². The first-order chi connectivity index (χ1) is 9.36. The van der Waals surface area contributed by atoms with Crippen molar-refractivity contribution in [1.82, 2.24) is 0 Å². The Kier molecular flexibility index (Phi) is 3.16. The second kappa shape index (κ2) is 5.11. The van der Waals surface area contributed by atoms with Gasteiger partial charge in [-0.1, -0.05) is 60.7 Å². The van der Waals surface area contributed by atoms with E-state index in [-0.39, 0.29) is 0 Å². The number of rotatable bonds is 2. The Morgan fingerprint density at radius 1 is 0.684 bits per heavy atom. The van der Waals surface area contributed by atoms with Crippen LogP contribution in [-0.2, 0) is 0 Å². The van der Waals surface area contributed by atoms with Gasteiger partial charge in [-0.25, -0.2) is 0 Å². The first kappa shape index (κ1) is 11.7. The standard InChI is InChI=1S/C19H16/c1-2-3-4-7-15-10-11-18-13-16-8-5-6-9-17(16)14-19(18)12-15/h2-14H,1H3/b3-2+,7-4+. The maximum Gasteiger partial charge on any atom is -0.0172 e. The largest absolute Gasteiger partial charge is 0.0877 e. The van der Waals surface area contributed by atoms with Crippen molar-refractivity contribution in [3.05, 3.63) is 78.4 Å². The van der Waals surface area contributed by atoms with Gasteiger partial charge in [-0.3, -0.25) is 0 Å². The molecule has 0 atom stereocenters. The van der Waals surface area contributed by atoms with E-state index in [1.807, 2.05) is 19.1 Å². The average Bonchev–Trinajstić information content (AvgIpc) is 2.45. The minimum atomic E-state index is 1.24. The average molecular weight is 244 g/mol. The van der Waals surface area contributed by atoms with E-state index in [0.717, 1.165) is 0 Å². The Balaban J connectivity index is 2.14. The van der Waals surface area contributed by atoms with Gasteiger partial charge in [0.1, 0.15) is 0 Å². The zero-order valence-corrected chi connectivity index (χ0v) is 11.0. The summed E-state index contributed by atoms with van der Waals surface area (Å²) in [6.45, 7) is 2.02. The minimum Gasteiger partial charge on any atom is -0.0877 e. The van der Waals surface area contributed by atoms with Crippen LogP contribution in [0.4, 0.5) is 0 Å². The smallest absolute Gasteiger partial charge is 0.0172 e. The Morgan fingerprint density at radius 2 is 1.37 bits per heavy atom. The second-order valence-electron chi connectivity index (χ2n) is 4.69. The Bertz CT molecular complexity index is 776. The topological polar surface area (TPSA) is 0 Å². The quantitative estimate of drug-likeness (QED) is 0.407. The minimum absolute atomic E-state index is 1.24. The van der Waals surface area contributed by atoms with E-state index >= 15 is 0 Å². The van der Waals surface area contributed by atoms with Gasteiger partial charge in [0.2, 0.25) is 0 Å². The number of hydrogen-bond acceptors (Lipinski definition) is 0. The summed E-state index contributed by atoms with van der Waals surface area (Å²) in [5.41, 5.74) is 1.24. The highest BCUT2D eigenvalue weighted by molar-refractivity contribution is 5.98. The number of benzene rings is 3. The molecule has 0 aliphatic carbocycles. The lowest BCUT2D eigenvalue weighted by Gasteiger charge is -2.03. The molecule has 0 unspecified atom stereocenters.